The number of ether oxygens (including phenoxy) is 1. The Morgan fingerprint density at radius 3 is 2.89 bits per heavy atom. The fourth-order valence-corrected chi connectivity index (χ4v) is 2.04. The lowest BCUT2D eigenvalue weighted by Gasteiger charge is -2.07. The summed E-state index contributed by atoms with van der Waals surface area (Å²) in [5.41, 5.74) is 0.595. The number of benzene rings is 2. The standard InChI is InChI=1S/C14H12N2O3/c17-13-6-5-10-3-1-2-4-11(10)12(13)9-15-16-7-8-19-14(16)18/h1-6,9,17H,7-8H2/b15-9+. The van der Waals surface area contributed by atoms with E-state index in [1.54, 1.807) is 6.07 Å². The van der Waals surface area contributed by atoms with Gasteiger partial charge < -0.3 is 9.84 Å². The third-order valence-electron chi connectivity index (χ3n) is 3.01. The average molecular weight is 256 g/mol. The van der Waals surface area contributed by atoms with Crippen LogP contribution in [0.5, 0.6) is 5.75 Å². The molecule has 5 heteroatoms. The van der Waals surface area contributed by atoms with Crippen molar-refractivity contribution in [2.45, 2.75) is 0 Å². The van der Waals surface area contributed by atoms with Gasteiger partial charge in [0.25, 0.3) is 0 Å². The Balaban J connectivity index is 2.02. The molecule has 1 amide bonds. The van der Waals surface area contributed by atoms with Gasteiger partial charge >= 0.3 is 6.09 Å². The SMILES string of the molecule is O=C1OCCN1/N=C/c1c(O)ccc2ccccc12. The molecule has 1 N–H and O–H groups in total. The molecular formula is C14H12N2O3. The number of hydrogen-bond donors (Lipinski definition) is 1. The molecule has 0 unspecified atom stereocenters. The lowest BCUT2D eigenvalue weighted by molar-refractivity contribution is 0.159. The summed E-state index contributed by atoms with van der Waals surface area (Å²) in [6.07, 6.45) is 1.03. The molecule has 0 aliphatic carbocycles. The Hall–Kier alpha value is -2.56. The maximum absolute atomic E-state index is 11.3. The van der Waals surface area contributed by atoms with E-state index in [0.29, 0.717) is 18.7 Å². The van der Waals surface area contributed by atoms with Crippen molar-refractivity contribution in [3.05, 3.63) is 42.0 Å². The van der Waals surface area contributed by atoms with E-state index in [1.807, 2.05) is 30.3 Å². The number of hydrazone groups is 1. The van der Waals surface area contributed by atoms with Gasteiger partial charge in [-0.1, -0.05) is 30.3 Å². The van der Waals surface area contributed by atoms with E-state index in [0.717, 1.165) is 10.8 Å². The largest absolute Gasteiger partial charge is 0.507 e. The minimum atomic E-state index is -0.462. The first-order chi connectivity index (χ1) is 9.25. The molecule has 2 aromatic rings. The van der Waals surface area contributed by atoms with E-state index in [-0.39, 0.29) is 5.75 Å². The van der Waals surface area contributed by atoms with Crippen LogP contribution in [0.3, 0.4) is 0 Å². The highest BCUT2D eigenvalue weighted by Gasteiger charge is 2.20. The van der Waals surface area contributed by atoms with Crippen LogP contribution in [0.1, 0.15) is 5.56 Å². The fourth-order valence-electron chi connectivity index (χ4n) is 2.04. The van der Waals surface area contributed by atoms with E-state index in [1.165, 1.54) is 11.2 Å². The summed E-state index contributed by atoms with van der Waals surface area (Å²) in [6.45, 7) is 0.776. The number of hydrogen-bond acceptors (Lipinski definition) is 4. The second-order valence-corrected chi connectivity index (χ2v) is 4.20. The molecule has 1 aliphatic rings. The molecule has 1 saturated heterocycles. The Kier molecular flexibility index (Phi) is 2.79. The molecule has 5 nitrogen and oxygen atoms in total. The lowest BCUT2D eigenvalue weighted by Crippen LogP contribution is -2.17. The summed E-state index contributed by atoms with van der Waals surface area (Å²) >= 11 is 0. The van der Waals surface area contributed by atoms with Gasteiger partial charge in [0, 0.05) is 5.56 Å². The monoisotopic (exact) mass is 256 g/mol. The zero-order valence-electron chi connectivity index (χ0n) is 10.1. The molecule has 96 valence electrons. The first kappa shape index (κ1) is 11.5. The number of carbonyl (C=O) groups excluding carboxylic acids is 1. The highest BCUT2D eigenvalue weighted by molar-refractivity contribution is 6.02. The van der Waals surface area contributed by atoms with Gasteiger partial charge in [0.2, 0.25) is 0 Å². The maximum Gasteiger partial charge on any atom is 0.430 e. The van der Waals surface area contributed by atoms with Crippen molar-refractivity contribution in [2.24, 2.45) is 5.10 Å². The number of amides is 1. The molecule has 0 saturated carbocycles. The van der Waals surface area contributed by atoms with Crippen LogP contribution in [0.2, 0.25) is 0 Å². The first-order valence-electron chi connectivity index (χ1n) is 5.95. The number of aromatic hydroxyl groups is 1. The van der Waals surface area contributed by atoms with E-state index < -0.39 is 6.09 Å². The second-order valence-electron chi connectivity index (χ2n) is 4.20. The van der Waals surface area contributed by atoms with Gasteiger partial charge in [-0.05, 0) is 16.8 Å². The third kappa shape index (κ3) is 2.10. The van der Waals surface area contributed by atoms with E-state index >= 15 is 0 Å². The number of phenolic OH excluding ortho intramolecular Hbond substituents is 1. The Morgan fingerprint density at radius 1 is 1.26 bits per heavy atom. The highest BCUT2D eigenvalue weighted by Crippen LogP contribution is 2.25. The van der Waals surface area contributed by atoms with E-state index in [4.69, 9.17) is 4.74 Å². The first-order valence-corrected chi connectivity index (χ1v) is 5.95. The van der Waals surface area contributed by atoms with Gasteiger partial charge in [-0.15, -0.1) is 0 Å². The van der Waals surface area contributed by atoms with Gasteiger partial charge in [-0.2, -0.15) is 10.1 Å². The van der Waals surface area contributed by atoms with Crippen LogP contribution in [-0.2, 0) is 4.74 Å². The quantitative estimate of drug-likeness (QED) is 0.839. The molecule has 0 aromatic heterocycles. The minimum Gasteiger partial charge on any atom is -0.507 e. The normalized spacial score (nSPS) is 15.4. The van der Waals surface area contributed by atoms with Crippen molar-refractivity contribution in [3.8, 4) is 5.75 Å². The average Bonchev–Trinajstić information content (AvgIpc) is 2.83. The zero-order valence-corrected chi connectivity index (χ0v) is 10.1. The molecule has 3 rings (SSSR count). The number of phenols is 1. The van der Waals surface area contributed by atoms with Crippen LogP contribution >= 0.6 is 0 Å². The van der Waals surface area contributed by atoms with Gasteiger partial charge in [0.15, 0.2) is 0 Å². The van der Waals surface area contributed by atoms with Gasteiger partial charge in [0.1, 0.15) is 12.4 Å². The Labute approximate surface area is 109 Å². The predicted molar refractivity (Wildman–Crippen MR) is 71.3 cm³/mol. The van der Waals surface area contributed by atoms with Crippen LogP contribution in [0, 0.1) is 0 Å². The molecule has 0 spiro atoms. The molecule has 2 aromatic carbocycles. The maximum atomic E-state index is 11.3. The molecule has 0 bridgehead atoms. The van der Waals surface area contributed by atoms with Crippen LogP contribution < -0.4 is 0 Å². The lowest BCUT2D eigenvalue weighted by atomic mass is 10.0. The Morgan fingerprint density at radius 2 is 2.11 bits per heavy atom. The molecule has 0 atom stereocenters. The summed E-state index contributed by atoms with van der Waals surface area (Å²) < 4.78 is 4.78. The summed E-state index contributed by atoms with van der Waals surface area (Å²) in [6, 6.07) is 11.1. The van der Waals surface area contributed by atoms with Gasteiger partial charge in [0.05, 0.1) is 12.8 Å². The number of cyclic esters (lactones) is 1. The topological polar surface area (TPSA) is 62.1 Å². The zero-order chi connectivity index (χ0) is 13.2. The summed E-state index contributed by atoms with van der Waals surface area (Å²) in [5, 5.41) is 17.1. The summed E-state index contributed by atoms with van der Waals surface area (Å²) in [4.78, 5) is 11.3. The van der Waals surface area contributed by atoms with Gasteiger partial charge in [-0.3, -0.25) is 0 Å². The minimum absolute atomic E-state index is 0.134. The van der Waals surface area contributed by atoms with Gasteiger partial charge in [-0.25, -0.2) is 4.79 Å². The number of carbonyl (C=O) groups is 1. The summed E-state index contributed by atoms with van der Waals surface area (Å²) in [5.74, 6) is 0.134. The van der Waals surface area contributed by atoms with Crippen LogP contribution in [0.15, 0.2) is 41.5 Å². The molecule has 1 aliphatic heterocycles. The molecule has 1 heterocycles. The van der Waals surface area contributed by atoms with Crippen molar-refractivity contribution in [3.63, 3.8) is 0 Å². The van der Waals surface area contributed by atoms with Crippen molar-refractivity contribution >= 4 is 23.1 Å². The molecular weight excluding hydrogens is 244 g/mol. The van der Waals surface area contributed by atoms with Crippen LogP contribution in [-0.4, -0.2) is 35.6 Å². The van der Waals surface area contributed by atoms with E-state index in [2.05, 4.69) is 5.10 Å². The predicted octanol–water partition coefficient (Wildman–Crippen LogP) is 2.33. The smallest absolute Gasteiger partial charge is 0.430 e. The molecule has 0 radical (unpaired) electrons. The fraction of sp³-hybridized carbons (Fsp3) is 0.143. The van der Waals surface area contributed by atoms with Crippen molar-refractivity contribution < 1.29 is 14.6 Å². The van der Waals surface area contributed by atoms with Crippen molar-refractivity contribution in [1.29, 1.82) is 0 Å². The highest BCUT2D eigenvalue weighted by atomic mass is 16.6. The van der Waals surface area contributed by atoms with E-state index in [9.17, 15) is 9.90 Å². The summed E-state index contributed by atoms with van der Waals surface area (Å²) in [7, 11) is 0. The Bertz CT molecular complexity index is 667. The number of nitrogens with zero attached hydrogens (tertiary/aromatic N) is 2. The number of fused-ring (bicyclic) bond motifs is 1. The van der Waals surface area contributed by atoms with Crippen LogP contribution in [0.4, 0.5) is 4.79 Å². The molecule has 1 fully saturated rings. The molecule has 19 heavy (non-hydrogen) atoms. The van der Waals surface area contributed by atoms with Crippen molar-refractivity contribution in [1.82, 2.24) is 5.01 Å². The van der Waals surface area contributed by atoms with Crippen LogP contribution in [0.25, 0.3) is 10.8 Å². The second kappa shape index (κ2) is 4.61. The van der Waals surface area contributed by atoms with Crippen molar-refractivity contribution in [2.75, 3.05) is 13.2 Å². The number of rotatable bonds is 2. The third-order valence-corrected chi connectivity index (χ3v) is 3.01.